The molecule has 3 rings (SSSR count). The number of carbonyl (C=O) groups is 2. The number of nitro groups is 1. The minimum atomic E-state index is -0.664. The van der Waals surface area contributed by atoms with Gasteiger partial charge in [0.25, 0.3) is 0 Å². The summed E-state index contributed by atoms with van der Waals surface area (Å²) in [6, 6.07) is 9.24. The number of hydrogen-bond donors (Lipinski definition) is 0. The van der Waals surface area contributed by atoms with Gasteiger partial charge in [0.1, 0.15) is 17.5 Å². The molecule has 1 aromatic heterocycles. The molecule has 0 aliphatic heterocycles. The van der Waals surface area contributed by atoms with Crippen LogP contribution in [0, 0.1) is 27.9 Å². The Morgan fingerprint density at radius 1 is 1.41 bits per heavy atom. The topological polar surface area (TPSA) is 99.4 Å². The molecule has 0 saturated heterocycles. The zero-order valence-electron chi connectivity index (χ0n) is 14.8. The van der Waals surface area contributed by atoms with Gasteiger partial charge >= 0.3 is 5.97 Å². The van der Waals surface area contributed by atoms with Crippen molar-refractivity contribution < 1.29 is 19.2 Å². The van der Waals surface area contributed by atoms with Gasteiger partial charge < -0.3 is 4.74 Å². The van der Waals surface area contributed by atoms with Crippen LogP contribution in [0.4, 0.5) is 0 Å². The second kappa shape index (κ2) is 8.00. The average molecular weight is 391 g/mol. The maximum absolute atomic E-state index is 12.2. The fraction of sp³-hybridized carbons (Fsp3) is 0.421. The molecule has 3 atom stereocenters. The largest absolute Gasteiger partial charge is 0.461 e. The Labute approximate surface area is 160 Å². The Balaban J connectivity index is 1.65. The van der Waals surface area contributed by atoms with Gasteiger partial charge in [0.05, 0.1) is 11.9 Å². The highest BCUT2D eigenvalue weighted by atomic mass is 35.5. The molecule has 142 valence electrons. The van der Waals surface area contributed by atoms with E-state index in [1.165, 1.54) is 0 Å². The van der Waals surface area contributed by atoms with Crippen LogP contribution in [-0.4, -0.2) is 28.2 Å². The van der Waals surface area contributed by atoms with Crippen LogP contribution in [-0.2, 0) is 20.9 Å². The number of aromatic nitrogens is 1. The summed E-state index contributed by atoms with van der Waals surface area (Å²) in [5, 5.41) is 12.0. The lowest BCUT2D eigenvalue weighted by Gasteiger charge is -2.17. The third-order valence-electron chi connectivity index (χ3n) is 5.07. The van der Waals surface area contributed by atoms with E-state index in [4.69, 9.17) is 16.3 Å². The second-order valence-electron chi connectivity index (χ2n) is 6.93. The van der Waals surface area contributed by atoms with E-state index in [2.05, 4.69) is 4.98 Å². The lowest BCUT2D eigenvalue weighted by molar-refractivity contribution is -0.490. The number of ketones is 1. The molecule has 0 radical (unpaired) electrons. The highest BCUT2D eigenvalue weighted by Crippen LogP contribution is 2.36. The first kappa shape index (κ1) is 19.2. The van der Waals surface area contributed by atoms with Crippen LogP contribution >= 0.6 is 11.6 Å². The molecule has 8 heteroatoms. The number of rotatable bonds is 6. The minimum Gasteiger partial charge on any atom is -0.461 e. The van der Waals surface area contributed by atoms with Crippen LogP contribution in [0.3, 0.4) is 0 Å². The quantitative estimate of drug-likeness (QED) is 0.324. The fourth-order valence-corrected chi connectivity index (χ4v) is 3.83. The maximum Gasteiger partial charge on any atom is 0.306 e. The molecule has 1 fully saturated rings. The Morgan fingerprint density at radius 3 is 2.89 bits per heavy atom. The number of nitrogens with zero attached hydrogens (tertiary/aromatic N) is 2. The number of ether oxygens (including phenoxy) is 1. The Hall–Kier alpha value is -2.54. The number of esters is 1. The third-order valence-corrected chi connectivity index (χ3v) is 5.40. The molecular formula is C19H19ClN2O5. The molecule has 2 aromatic rings. The first-order valence-corrected chi connectivity index (χ1v) is 9.07. The molecule has 1 aliphatic rings. The first-order chi connectivity index (χ1) is 12.8. The van der Waals surface area contributed by atoms with E-state index in [0.29, 0.717) is 5.56 Å². The molecule has 7 nitrogen and oxygen atoms in total. The minimum absolute atomic E-state index is 0.0636. The SMILES string of the molecule is C[C@@H]1CC(=O)[C@@H](CC(=O)OCc2cc3ccccc3nc2Cl)[C@@H]1C[N+](=O)[O-]. The highest BCUT2D eigenvalue weighted by Gasteiger charge is 2.44. The smallest absolute Gasteiger partial charge is 0.306 e. The van der Waals surface area contributed by atoms with Gasteiger partial charge in [-0.25, -0.2) is 4.98 Å². The van der Waals surface area contributed by atoms with E-state index in [0.717, 1.165) is 10.9 Å². The van der Waals surface area contributed by atoms with Crippen LogP contribution in [0.1, 0.15) is 25.3 Å². The van der Waals surface area contributed by atoms with Gasteiger partial charge in [-0.3, -0.25) is 19.7 Å². The first-order valence-electron chi connectivity index (χ1n) is 8.69. The lowest BCUT2D eigenvalue weighted by Crippen LogP contribution is -2.27. The summed E-state index contributed by atoms with van der Waals surface area (Å²) in [4.78, 5) is 39.0. The summed E-state index contributed by atoms with van der Waals surface area (Å²) in [5.74, 6) is -1.90. The molecule has 1 saturated carbocycles. The third kappa shape index (κ3) is 4.42. The standard InChI is InChI=1S/C19H19ClN2O5/c1-11-6-17(23)14(15(11)9-22(25)26)8-18(24)27-10-13-7-12-4-2-3-5-16(12)21-19(13)20/h2-5,7,11,14-15H,6,8-10H2,1H3/t11-,14+,15-/m1/s1. The van der Waals surface area contributed by atoms with Crippen molar-refractivity contribution in [3.05, 3.63) is 51.2 Å². The van der Waals surface area contributed by atoms with E-state index < -0.39 is 22.7 Å². The van der Waals surface area contributed by atoms with E-state index >= 15 is 0 Å². The van der Waals surface area contributed by atoms with Crippen LogP contribution < -0.4 is 0 Å². The second-order valence-corrected chi connectivity index (χ2v) is 7.29. The molecule has 1 heterocycles. The van der Waals surface area contributed by atoms with Gasteiger partial charge in [-0.15, -0.1) is 0 Å². The van der Waals surface area contributed by atoms with Gasteiger partial charge in [0.2, 0.25) is 6.54 Å². The van der Waals surface area contributed by atoms with Gasteiger partial charge in [0, 0.05) is 34.1 Å². The average Bonchev–Trinajstić information content (AvgIpc) is 2.86. The van der Waals surface area contributed by atoms with Crippen LogP contribution in [0.25, 0.3) is 10.9 Å². The lowest BCUT2D eigenvalue weighted by atomic mass is 9.88. The summed E-state index contributed by atoms with van der Waals surface area (Å²) in [5.41, 5.74) is 1.31. The zero-order chi connectivity index (χ0) is 19.6. The van der Waals surface area contributed by atoms with Crippen LogP contribution in [0.2, 0.25) is 5.15 Å². The maximum atomic E-state index is 12.2. The van der Waals surface area contributed by atoms with E-state index in [1.54, 1.807) is 13.0 Å². The number of Topliss-reactive ketones (excluding diaryl/α,β-unsaturated/α-hetero) is 1. The monoisotopic (exact) mass is 390 g/mol. The Bertz CT molecular complexity index is 901. The highest BCUT2D eigenvalue weighted by molar-refractivity contribution is 6.30. The van der Waals surface area contributed by atoms with Crippen molar-refractivity contribution >= 4 is 34.3 Å². The van der Waals surface area contributed by atoms with Crippen molar-refractivity contribution in [2.24, 2.45) is 17.8 Å². The van der Waals surface area contributed by atoms with Crippen molar-refractivity contribution in [2.75, 3.05) is 6.54 Å². The predicted molar refractivity (Wildman–Crippen MR) is 98.8 cm³/mol. The van der Waals surface area contributed by atoms with Gasteiger partial charge in [-0.1, -0.05) is 36.7 Å². The van der Waals surface area contributed by atoms with E-state index in [1.807, 2.05) is 24.3 Å². The molecule has 0 amide bonds. The van der Waals surface area contributed by atoms with Crippen molar-refractivity contribution in [3.63, 3.8) is 0 Å². The number of benzene rings is 1. The molecule has 1 aromatic carbocycles. The molecule has 0 bridgehead atoms. The van der Waals surface area contributed by atoms with Crippen molar-refractivity contribution in [1.29, 1.82) is 0 Å². The van der Waals surface area contributed by atoms with Gasteiger partial charge in [-0.2, -0.15) is 0 Å². The molecule has 1 aliphatic carbocycles. The number of hydrogen-bond acceptors (Lipinski definition) is 6. The van der Waals surface area contributed by atoms with Crippen LogP contribution in [0.5, 0.6) is 0 Å². The number of fused-ring (bicyclic) bond motifs is 1. The summed E-state index contributed by atoms with van der Waals surface area (Å²) in [6.45, 7) is 1.43. The van der Waals surface area contributed by atoms with Gasteiger partial charge in [-0.05, 0) is 18.1 Å². The van der Waals surface area contributed by atoms with E-state index in [-0.39, 0.29) is 42.8 Å². The summed E-state index contributed by atoms with van der Waals surface area (Å²) >= 11 is 6.15. The summed E-state index contributed by atoms with van der Waals surface area (Å²) < 4.78 is 5.27. The number of halogens is 1. The van der Waals surface area contributed by atoms with Crippen LogP contribution in [0.15, 0.2) is 30.3 Å². The Kier molecular flexibility index (Phi) is 5.70. The molecule has 0 unspecified atom stereocenters. The molecule has 0 N–H and O–H groups in total. The van der Waals surface area contributed by atoms with Gasteiger partial charge in [0.15, 0.2) is 0 Å². The zero-order valence-corrected chi connectivity index (χ0v) is 15.5. The van der Waals surface area contributed by atoms with Crippen molar-refractivity contribution in [2.45, 2.75) is 26.4 Å². The van der Waals surface area contributed by atoms with E-state index in [9.17, 15) is 19.7 Å². The predicted octanol–water partition coefficient (Wildman–Crippen LogP) is 3.44. The number of carbonyl (C=O) groups excluding carboxylic acids is 2. The molecular weight excluding hydrogens is 372 g/mol. The fourth-order valence-electron chi connectivity index (χ4n) is 3.63. The normalized spacial score (nSPS) is 22.1. The van der Waals surface area contributed by atoms with Crippen molar-refractivity contribution in [3.8, 4) is 0 Å². The summed E-state index contributed by atoms with van der Waals surface area (Å²) in [6.07, 6.45) is 0.108. The molecule has 27 heavy (non-hydrogen) atoms. The number of pyridine rings is 1. The summed E-state index contributed by atoms with van der Waals surface area (Å²) in [7, 11) is 0. The number of para-hydroxylation sites is 1. The Morgan fingerprint density at radius 2 is 2.15 bits per heavy atom. The molecule has 0 spiro atoms. The van der Waals surface area contributed by atoms with Crippen molar-refractivity contribution in [1.82, 2.24) is 4.98 Å².